The third kappa shape index (κ3) is 4.84. The Morgan fingerprint density at radius 2 is 1.76 bits per heavy atom. The number of carbonyl (C=O) groups is 3. The Morgan fingerprint density at radius 3 is 2.52 bits per heavy atom. The lowest BCUT2D eigenvalue weighted by molar-refractivity contribution is -0.122. The van der Waals surface area contributed by atoms with Crippen molar-refractivity contribution in [2.45, 2.75) is 13.5 Å². The first-order valence-corrected chi connectivity index (χ1v) is 11.1. The second-order valence-electron chi connectivity index (χ2n) is 7.31. The van der Waals surface area contributed by atoms with E-state index in [2.05, 4.69) is 21.2 Å². The first-order chi connectivity index (χ1) is 15.8. The number of urea groups is 1. The van der Waals surface area contributed by atoms with Crippen LogP contribution in [0.25, 0.3) is 6.08 Å². The van der Waals surface area contributed by atoms with Gasteiger partial charge in [0.2, 0.25) is 0 Å². The van der Waals surface area contributed by atoms with E-state index in [0.29, 0.717) is 22.0 Å². The molecule has 4 amide bonds. The zero-order chi connectivity index (χ0) is 23.5. The summed E-state index contributed by atoms with van der Waals surface area (Å²) in [5.41, 5.74) is 2.24. The van der Waals surface area contributed by atoms with Gasteiger partial charge in [0.05, 0.1) is 5.69 Å². The van der Waals surface area contributed by atoms with Crippen LogP contribution in [0.15, 0.2) is 76.8 Å². The number of rotatable bonds is 5. The quantitative estimate of drug-likeness (QED) is 0.345. The van der Waals surface area contributed by atoms with E-state index < -0.39 is 17.8 Å². The van der Waals surface area contributed by atoms with Crippen molar-refractivity contribution < 1.29 is 19.1 Å². The summed E-state index contributed by atoms with van der Waals surface area (Å²) in [5.74, 6) is -1.03. The molecule has 166 valence electrons. The second kappa shape index (κ2) is 9.60. The molecule has 6 nitrogen and oxygen atoms in total. The highest BCUT2D eigenvalue weighted by molar-refractivity contribution is 9.10. The van der Waals surface area contributed by atoms with Crippen LogP contribution in [-0.4, -0.2) is 17.8 Å². The average molecular weight is 526 g/mol. The summed E-state index contributed by atoms with van der Waals surface area (Å²) in [6, 6.07) is 18.7. The smallest absolute Gasteiger partial charge is 0.335 e. The summed E-state index contributed by atoms with van der Waals surface area (Å²) in [6.07, 6.45) is 1.42. The Balaban J connectivity index is 1.70. The number of amides is 4. The van der Waals surface area contributed by atoms with Crippen molar-refractivity contribution in [2.75, 3.05) is 4.90 Å². The summed E-state index contributed by atoms with van der Waals surface area (Å²) < 4.78 is 6.68. The molecule has 0 saturated carbocycles. The number of hydrogen-bond acceptors (Lipinski definition) is 4. The normalized spacial score (nSPS) is 15.1. The van der Waals surface area contributed by atoms with Crippen LogP contribution in [-0.2, 0) is 16.2 Å². The van der Waals surface area contributed by atoms with Crippen molar-refractivity contribution in [2.24, 2.45) is 0 Å². The average Bonchev–Trinajstić information content (AvgIpc) is 2.78. The molecule has 8 heteroatoms. The molecule has 0 unspecified atom stereocenters. The zero-order valence-electron chi connectivity index (χ0n) is 17.5. The second-order valence-corrected chi connectivity index (χ2v) is 8.63. The Morgan fingerprint density at radius 1 is 1.03 bits per heavy atom. The predicted octanol–water partition coefficient (Wildman–Crippen LogP) is 5.66. The first kappa shape index (κ1) is 22.8. The molecular formula is C25H18BrClN2O4. The number of hydrogen-bond donors (Lipinski definition) is 1. The molecule has 1 fully saturated rings. The van der Waals surface area contributed by atoms with Crippen molar-refractivity contribution >= 4 is 57.1 Å². The minimum absolute atomic E-state index is 0.182. The third-order valence-electron chi connectivity index (χ3n) is 5.07. The van der Waals surface area contributed by atoms with E-state index in [1.165, 1.54) is 6.08 Å². The lowest BCUT2D eigenvalue weighted by atomic mass is 10.0. The van der Waals surface area contributed by atoms with Crippen LogP contribution in [0.5, 0.6) is 5.75 Å². The van der Waals surface area contributed by atoms with E-state index in [0.717, 1.165) is 20.5 Å². The lowest BCUT2D eigenvalue weighted by Crippen LogP contribution is -2.54. The number of anilines is 1. The van der Waals surface area contributed by atoms with Gasteiger partial charge in [0.25, 0.3) is 11.8 Å². The number of carbonyl (C=O) groups excluding carboxylic acids is 3. The summed E-state index contributed by atoms with van der Waals surface area (Å²) in [7, 11) is 0. The number of aryl methyl sites for hydroxylation is 1. The Labute approximate surface area is 203 Å². The molecule has 33 heavy (non-hydrogen) atoms. The van der Waals surface area contributed by atoms with Crippen LogP contribution in [0.3, 0.4) is 0 Å². The highest BCUT2D eigenvalue weighted by atomic mass is 79.9. The number of imide groups is 2. The van der Waals surface area contributed by atoms with Crippen LogP contribution < -0.4 is 15.0 Å². The maximum Gasteiger partial charge on any atom is 0.335 e. The molecule has 0 radical (unpaired) electrons. The van der Waals surface area contributed by atoms with E-state index in [-0.39, 0.29) is 12.2 Å². The topological polar surface area (TPSA) is 75.7 Å². The van der Waals surface area contributed by atoms with Crippen molar-refractivity contribution in [1.29, 1.82) is 0 Å². The van der Waals surface area contributed by atoms with E-state index in [9.17, 15) is 14.4 Å². The van der Waals surface area contributed by atoms with E-state index in [1.54, 1.807) is 55.5 Å². The maximum atomic E-state index is 13.2. The number of barbiturate groups is 1. The van der Waals surface area contributed by atoms with Gasteiger partial charge >= 0.3 is 6.03 Å². The van der Waals surface area contributed by atoms with Crippen molar-refractivity contribution in [3.05, 3.63) is 98.5 Å². The molecule has 0 aromatic heterocycles. The number of ether oxygens (including phenoxy) is 1. The summed E-state index contributed by atoms with van der Waals surface area (Å²) >= 11 is 9.63. The van der Waals surface area contributed by atoms with E-state index in [4.69, 9.17) is 16.3 Å². The molecule has 1 heterocycles. The minimum Gasteiger partial charge on any atom is -0.488 e. The Hall–Kier alpha value is -3.42. The standard InChI is InChI=1S/C25H18BrClN2O4/c1-15-6-2-5-9-21(15)29-24(31)19(23(30)28-25(29)32)13-17-12-18(26)10-11-22(17)33-14-16-7-3-4-8-20(16)27/h2-13H,14H2,1H3,(H,28,30,32)/b19-13+. The minimum atomic E-state index is -0.791. The molecule has 3 aromatic rings. The van der Waals surface area contributed by atoms with Gasteiger partial charge in [-0.1, -0.05) is 63.9 Å². The van der Waals surface area contributed by atoms with Gasteiger partial charge < -0.3 is 4.74 Å². The van der Waals surface area contributed by atoms with Gasteiger partial charge in [-0.25, -0.2) is 9.69 Å². The zero-order valence-corrected chi connectivity index (χ0v) is 19.8. The summed E-state index contributed by atoms with van der Waals surface area (Å²) in [4.78, 5) is 39.3. The van der Waals surface area contributed by atoms with Gasteiger partial charge in [0, 0.05) is 20.6 Å². The predicted molar refractivity (Wildman–Crippen MR) is 130 cm³/mol. The van der Waals surface area contributed by atoms with Crippen molar-refractivity contribution in [3.8, 4) is 5.75 Å². The van der Waals surface area contributed by atoms with Crippen LogP contribution in [0.1, 0.15) is 16.7 Å². The molecule has 0 spiro atoms. The highest BCUT2D eigenvalue weighted by Crippen LogP contribution is 2.30. The number of benzene rings is 3. The summed E-state index contributed by atoms with van der Waals surface area (Å²) in [5, 5.41) is 2.82. The third-order valence-corrected chi connectivity index (χ3v) is 5.93. The molecule has 3 aromatic carbocycles. The van der Waals surface area contributed by atoms with Crippen LogP contribution >= 0.6 is 27.5 Å². The number of nitrogens with zero attached hydrogens (tertiary/aromatic N) is 1. The van der Waals surface area contributed by atoms with Crippen LogP contribution in [0, 0.1) is 6.92 Å². The summed E-state index contributed by atoms with van der Waals surface area (Å²) in [6.45, 7) is 1.98. The fraction of sp³-hybridized carbons (Fsp3) is 0.0800. The van der Waals surface area contributed by atoms with Crippen molar-refractivity contribution in [1.82, 2.24) is 5.32 Å². The number of nitrogens with one attached hydrogen (secondary N) is 1. The number of halogens is 2. The SMILES string of the molecule is Cc1ccccc1N1C(=O)NC(=O)/C(=C\c2cc(Br)ccc2OCc2ccccc2Cl)C1=O. The fourth-order valence-electron chi connectivity index (χ4n) is 3.38. The maximum absolute atomic E-state index is 13.2. The van der Waals surface area contributed by atoms with E-state index in [1.807, 2.05) is 18.2 Å². The van der Waals surface area contributed by atoms with Gasteiger partial charge in [-0.2, -0.15) is 0 Å². The molecular weight excluding hydrogens is 508 g/mol. The molecule has 1 aliphatic rings. The van der Waals surface area contributed by atoms with E-state index >= 15 is 0 Å². The van der Waals surface area contributed by atoms with Gasteiger partial charge in [0.1, 0.15) is 17.9 Å². The van der Waals surface area contributed by atoms with Gasteiger partial charge in [-0.3, -0.25) is 14.9 Å². The highest BCUT2D eigenvalue weighted by Gasteiger charge is 2.37. The molecule has 1 aliphatic heterocycles. The molecule has 0 aliphatic carbocycles. The first-order valence-electron chi connectivity index (χ1n) is 9.98. The molecule has 4 rings (SSSR count). The largest absolute Gasteiger partial charge is 0.488 e. The Kier molecular flexibility index (Phi) is 6.62. The van der Waals surface area contributed by atoms with Crippen molar-refractivity contribution in [3.63, 3.8) is 0 Å². The lowest BCUT2D eigenvalue weighted by Gasteiger charge is -2.27. The Bertz CT molecular complexity index is 1310. The van der Waals surface area contributed by atoms with Gasteiger partial charge in [-0.15, -0.1) is 0 Å². The fourth-order valence-corrected chi connectivity index (χ4v) is 3.95. The number of para-hydroxylation sites is 1. The van der Waals surface area contributed by atoms with Crippen LogP contribution in [0.4, 0.5) is 10.5 Å². The molecule has 0 atom stereocenters. The van der Waals surface area contributed by atoms with Gasteiger partial charge in [-0.05, 0) is 48.9 Å². The van der Waals surface area contributed by atoms with Crippen LogP contribution in [0.2, 0.25) is 5.02 Å². The monoisotopic (exact) mass is 524 g/mol. The van der Waals surface area contributed by atoms with Gasteiger partial charge in [0.15, 0.2) is 0 Å². The molecule has 1 N–H and O–H groups in total. The molecule has 1 saturated heterocycles. The molecule has 0 bridgehead atoms.